The summed E-state index contributed by atoms with van der Waals surface area (Å²) in [6.45, 7) is 5.93. The summed E-state index contributed by atoms with van der Waals surface area (Å²) in [5, 5.41) is 2.97. The molecule has 1 aliphatic carbocycles. The third-order valence-corrected chi connectivity index (χ3v) is 4.06. The fourth-order valence-corrected chi connectivity index (χ4v) is 2.38. The van der Waals surface area contributed by atoms with E-state index in [0.717, 1.165) is 24.6 Å². The quantitative estimate of drug-likeness (QED) is 0.825. The monoisotopic (exact) mass is 274 g/mol. The van der Waals surface area contributed by atoms with Crippen molar-refractivity contribution < 1.29 is 4.79 Å². The number of likely N-dealkylation sites (N-methyl/N-ethyl adjacent to an activating group) is 1. The van der Waals surface area contributed by atoms with Gasteiger partial charge in [0, 0.05) is 12.2 Å². The number of carbonyl (C=O) groups is 1. The Morgan fingerprint density at radius 2 is 2.00 bits per heavy atom. The largest absolute Gasteiger partial charge is 0.325 e. The SMILES string of the molecule is CCC(C)c1ccc(NC(=O)CN(C)CC2CC2)cc1. The van der Waals surface area contributed by atoms with E-state index < -0.39 is 0 Å². The van der Waals surface area contributed by atoms with E-state index in [4.69, 9.17) is 0 Å². The molecule has 0 heterocycles. The Labute approximate surface area is 122 Å². The van der Waals surface area contributed by atoms with Crippen LogP contribution in [-0.2, 0) is 4.79 Å². The molecule has 1 fully saturated rings. The highest BCUT2D eigenvalue weighted by atomic mass is 16.2. The zero-order chi connectivity index (χ0) is 14.5. The van der Waals surface area contributed by atoms with Gasteiger partial charge in [-0.25, -0.2) is 0 Å². The van der Waals surface area contributed by atoms with E-state index in [0.29, 0.717) is 12.5 Å². The van der Waals surface area contributed by atoms with E-state index >= 15 is 0 Å². The first kappa shape index (κ1) is 15.0. The first-order valence-electron chi connectivity index (χ1n) is 7.66. The van der Waals surface area contributed by atoms with Gasteiger partial charge < -0.3 is 5.32 Å². The Morgan fingerprint density at radius 3 is 2.55 bits per heavy atom. The predicted molar refractivity (Wildman–Crippen MR) is 84.0 cm³/mol. The van der Waals surface area contributed by atoms with Gasteiger partial charge in [0.25, 0.3) is 0 Å². The minimum atomic E-state index is 0.0736. The fraction of sp³-hybridized carbons (Fsp3) is 0.588. The van der Waals surface area contributed by atoms with Crippen LogP contribution in [0.3, 0.4) is 0 Å². The van der Waals surface area contributed by atoms with Crippen LogP contribution in [0.1, 0.15) is 44.6 Å². The van der Waals surface area contributed by atoms with Crippen LogP contribution < -0.4 is 5.32 Å². The Morgan fingerprint density at radius 1 is 1.35 bits per heavy atom. The molecule has 0 aromatic heterocycles. The van der Waals surface area contributed by atoms with E-state index in [9.17, 15) is 4.79 Å². The Hall–Kier alpha value is -1.35. The molecule has 0 bridgehead atoms. The van der Waals surface area contributed by atoms with E-state index in [1.54, 1.807) is 0 Å². The van der Waals surface area contributed by atoms with Gasteiger partial charge in [0.15, 0.2) is 0 Å². The zero-order valence-electron chi connectivity index (χ0n) is 12.9. The maximum Gasteiger partial charge on any atom is 0.238 e. The molecule has 0 saturated heterocycles. The lowest BCUT2D eigenvalue weighted by Crippen LogP contribution is -2.31. The molecule has 1 saturated carbocycles. The summed E-state index contributed by atoms with van der Waals surface area (Å²) in [6, 6.07) is 8.22. The van der Waals surface area contributed by atoms with Gasteiger partial charge in [-0.1, -0.05) is 26.0 Å². The highest BCUT2D eigenvalue weighted by Crippen LogP contribution is 2.29. The van der Waals surface area contributed by atoms with Crippen molar-refractivity contribution in [2.45, 2.75) is 39.0 Å². The molecular formula is C17H26N2O. The fourth-order valence-electron chi connectivity index (χ4n) is 2.38. The molecule has 1 aromatic carbocycles. The minimum absolute atomic E-state index is 0.0736. The summed E-state index contributed by atoms with van der Waals surface area (Å²) in [7, 11) is 2.02. The molecule has 1 atom stereocenters. The second-order valence-corrected chi connectivity index (χ2v) is 6.12. The summed E-state index contributed by atoms with van der Waals surface area (Å²) in [6.07, 6.45) is 3.78. The van der Waals surface area contributed by atoms with Crippen LogP contribution >= 0.6 is 0 Å². The van der Waals surface area contributed by atoms with Crippen LogP contribution in [0.25, 0.3) is 0 Å². The van der Waals surface area contributed by atoms with Crippen LogP contribution in [-0.4, -0.2) is 30.9 Å². The van der Waals surface area contributed by atoms with Gasteiger partial charge in [-0.3, -0.25) is 9.69 Å². The number of hydrogen-bond acceptors (Lipinski definition) is 2. The Bertz CT molecular complexity index is 437. The van der Waals surface area contributed by atoms with Gasteiger partial charge in [-0.2, -0.15) is 0 Å². The summed E-state index contributed by atoms with van der Waals surface area (Å²) in [5.41, 5.74) is 2.22. The molecule has 2 rings (SSSR count). The number of hydrogen-bond donors (Lipinski definition) is 1. The average molecular weight is 274 g/mol. The number of nitrogens with zero attached hydrogens (tertiary/aromatic N) is 1. The van der Waals surface area contributed by atoms with Gasteiger partial charge in [0.2, 0.25) is 5.91 Å². The first-order valence-corrected chi connectivity index (χ1v) is 7.66. The van der Waals surface area contributed by atoms with Crippen molar-refractivity contribution in [2.75, 3.05) is 25.5 Å². The topological polar surface area (TPSA) is 32.3 Å². The number of carbonyl (C=O) groups excluding carboxylic acids is 1. The molecule has 1 aromatic rings. The minimum Gasteiger partial charge on any atom is -0.325 e. The van der Waals surface area contributed by atoms with Gasteiger partial charge in [-0.15, -0.1) is 0 Å². The molecular weight excluding hydrogens is 248 g/mol. The maximum atomic E-state index is 11.9. The van der Waals surface area contributed by atoms with Crippen molar-refractivity contribution in [3.05, 3.63) is 29.8 Å². The molecule has 1 amide bonds. The van der Waals surface area contributed by atoms with Crippen molar-refractivity contribution in [3.63, 3.8) is 0 Å². The molecule has 3 nitrogen and oxygen atoms in total. The number of amides is 1. The molecule has 1 aliphatic rings. The third kappa shape index (κ3) is 4.64. The third-order valence-electron chi connectivity index (χ3n) is 4.06. The molecule has 0 aliphatic heterocycles. The predicted octanol–water partition coefficient (Wildman–Crippen LogP) is 3.48. The van der Waals surface area contributed by atoms with Crippen molar-refractivity contribution in [1.29, 1.82) is 0 Å². The summed E-state index contributed by atoms with van der Waals surface area (Å²) in [4.78, 5) is 14.1. The van der Waals surface area contributed by atoms with Crippen LogP contribution in [0.15, 0.2) is 24.3 Å². The molecule has 1 unspecified atom stereocenters. The van der Waals surface area contributed by atoms with Crippen molar-refractivity contribution >= 4 is 11.6 Å². The maximum absolute atomic E-state index is 11.9. The smallest absolute Gasteiger partial charge is 0.238 e. The van der Waals surface area contributed by atoms with Crippen molar-refractivity contribution in [1.82, 2.24) is 4.90 Å². The van der Waals surface area contributed by atoms with Crippen molar-refractivity contribution in [3.8, 4) is 0 Å². The van der Waals surface area contributed by atoms with E-state index in [1.807, 2.05) is 19.2 Å². The van der Waals surface area contributed by atoms with Crippen LogP contribution in [0.2, 0.25) is 0 Å². The van der Waals surface area contributed by atoms with Crippen molar-refractivity contribution in [2.24, 2.45) is 5.92 Å². The normalized spacial score (nSPS) is 16.2. The Balaban J connectivity index is 1.80. The van der Waals surface area contributed by atoms with Gasteiger partial charge >= 0.3 is 0 Å². The van der Waals surface area contributed by atoms with Crippen LogP contribution in [0.4, 0.5) is 5.69 Å². The standard InChI is InChI=1S/C17H26N2O/c1-4-13(2)15-7-9-16(10-8-15)18-17(20)12-19(3)11-14-5-6-14/h7-10,13-14H,4-6,11-12H2,1-3H3,(H,18,20). The highest BCUT2D eigenvalue weighted by Gasteiger charge is 2.23. The Kier molecular flexibility index (Phi) is 5.18. The molecule has 110 valence electrons. The molecule has 1 N–H and O–H groups in total. The average Bonchev–Trinajstić information content (AvgIpc) is 3.22. The molecule has 0 radical (unpaired) electrons. The van der Waals surface area contributed by atoms with E-state index in [-0.39, 0.29) is 5.91 Å². The summed E-state index contributed by atoms with van der Waals surface area (Å²) >= 11 is 0. The van der Waals surface area contributed by atoms with Crippen LogP contribution in [0, 0.1) is 5.92 Å². The first-order chi connectivity index (χ1) is 9.58. The lowest BCUT2D eigenvalue weighted by Gasteiger charge is -2.16. The summed E-state index contributed by atoms with van der Waals surface area (Å²) in [5.74, 6) is 1.47. The van der Waals surface area contributed by atoms with E-state index in [2.05, 4.69) is 36.2 Å². The molecule has 3 heteroatoms. The molecule has 0 spiro atoms. The second-order valence-electron chi connectivity index (χ2n) is 6.12. The van der Waals surface area contributed by atoms with Crippen LogP contribution in [0.5, 0.6) is 0 Å². The molecule has 20 heavy (non-hydrogen) atoms. The lowest BCUT2D eigenvalue weighted by molar-refractivity contribution is -0.117. The number of benzene rings is 1. The highest BCUT2D eigenvalue weighted by molar-refractivity contribution is 5.92. The number of rotatable bonds is 7. The van der Waals surface area contributed by atoms with E-state index in [1.165, 1.54) is 18.4 Å². The number of nitrogens with one attached hydrogen (secondary N) is 1. The van der Waals surface area contributed by atoms with Gasteiger partial charge in [0.05, 0.1) is 6.54 Å². The van der Waals surface area contributed by atoms with Gasteiger partial charge in [-0.05, 0) is 55.8 Å². The second kappa shape index (κ2) is 6.89. The number of anilines is 1. The summed E-state index contributed by atoms with van der Waals surface area (Å²) < 4.78 is 0. The lowest BCUT2D eigenvalue weighted by atomic mass is 9.99. The van der Waals surface area contributed by atoms with Gasteiger partial charge in [0.1, 0.15) is 0 Å². The zero-order valence-corrected chi connectivity index (χ0v) is 12.9.